The van der Waals surface area contributed by atoms with Crippen molar-refractivity contribution in [1.29, 1.82) is 5.26 Å². The Kier molecular flexibility index (Phi) is 6.42. The van der Waals surface area contributed by atoms with Crippen LogP contribution in [0.15, 0.2) is 71.3 Å². The fraction of sp³-hybridized carbons (Fsp3) is 0.406. The van der Waals surface area contributed by atoms with E-state index in [1.54, 1.807) is 0 Å². The number of carbonyl (C=O) groups is 1. The number of Topliss-reactive ketones (excluding diaryl/α,β-unsaturated/α-hetero) is 1. The first-order valence-electron chi connectivity index (χ1n) is 13.6. The molecule has 3 atom stereocenters. The monoisotopic (exact) mass is 491 g/mol. The Morgan fingerprint density at radius 1 is 1.14 bits per heavy atom. The summed E-state index contributed by atoms with van der Waals surface area (Å²) in [5.41, 5.74) is 5.47. The fourth-order valence-corrected chi connectivity index (χ4v) is 6.38. The van der Waals surface area contributed by atoms with E-state index in [9.17, 15) is 4.79 Å². The van der Waals surface area contributed by atoms with Crippen LogP contribution in [0.5, 0.6) is 5.75 Å². The van der Waals surface area contributed by atoms with Crippen molar-refractivity contribution in [3.8, 4) is 11.8 Å². The van der Waals surface area contributed by atoms with E-state index in [0.717, 1.165) is 68.4 Å². The van der Waals surface area contributed by atoms with Crippen molar-refractivity contribution in [3.05, 3.63) is 88.5 Å². The summed E-state index contributed by atoms with van der Waals surface area (Å²) in [4.78, 5) is 19.7. The molecule has 0 amide bonds. The first-order valence-corrected chi connectivity index (χ1v) is 13.6. The predicted molar refractivity (Wildman–Crippen MR) is 145 cm³/mol. The number of allylic oxidation sites excluding steroid dienone is 4. The lowest BCUT2D eigenvalue weighted by atomic mass is 9.85. The van der Waals surface area contributed by atoms with Crippen LogP contribution in [-0.2, 0) is 19.3 Å². The highest BCUT2D eigenvalue weighted by Gasteiger charge is 2.61. The molecule has 2 aromatic rings. The molecule has 188 valence electrons. The van der Waals surface area contributed by atoms with Crippen LogP contribution in [0.1, 0.15) is 59.2 Å². The summed E-state index contributed by atoms with van der Waals surface area (Å²) < 4.78 is 6.45. The van der Waals surface area contributed by atoms with Crippen LogP contribution in [0.3, 0.4) is 0 Å². The Labute approximate surface area is 219 Å². The van der Waals surface area contributed by atoms with Gasteiger partial charge in [0.2, 0.25) is 0 Å². The molecule has 3 unspecified atom stereocenters. The summed E-state index contributed by atoms with van der Waals surface area (Å²) >= 11 is 0. The highest BCUT2D eigenvalue weighted by atomic mass is 16.5. The highest BCUT2D eigenvalue weighted by Crippen LogP contribution is 2.52. The second-order valence-corrected chi connectivity index (χ2v) is 10.8. The van der Waals surface area contributed by atoms with Crippen LogP contribution in [-0.4, -0.2) is 41.8 Å². The molecular formula is C32H33N3O2. The number of fused-ring (bicyclic) bond motifs is 2. The molecule has 1 aliphatic heterocycles. The van der Waals surface area contributed by atoms with Gasteiger partial charge in [0.1, 0.15) is 12.4 Å². The van der Waals surface area contributed by atoms with Crippen LogP contribution in [0, 0.1) is 17.2 Å². The van der Waals surface area contributed by atoms with E-state index in [1.165, 1.54) is 16.7 Å². The SMILES string of the molecule is N#CC1=CCC(CC23CC2N=CN3CCOc2ccc3c(c2CCc2ccccc2)CCCC3=O)C=C1. The molecule has 0 radical (unpaired) electrons. The molecule has 0 saturated heterocycles. The lowest BCUT2D eigenvalue weighted by molar-refractivity contribution is 0.0972. The molecular weight excluding hydrogens is 458 g/mol. The van der Waals surface area contributed by atoms with Gasteiger partial charge in [-0.2, -0.15) is 5.26 Å². The number of carbonyl (C=O) groups excluding carboxylic acids is 1. The van der Waals surface area contributed by atoms with Crippen molar-refractivity contribution in [2.75, 3.05) is 13.2 Å². The topological polar surface area (TPSA) is 65.7 Å². The van der Waals surface area contributed by atoms with E-state index in [1.807, 2.05) is 30.6 Å². The number of hydrogen-bond donors (Lipinski definition) is 0. The molecule has 1 heterocycles. The summed E-state index contributed by atoms with van der Waals surface area (Å²) in [6, 6.07) is 17.2. The van der Waals surface area contributed by atoms with Crippen molar-refractivity contribution in [3.63, 3.8) is 0 Å². The van der Waals surface area contributed by atoms with Crippen molar-refractivity contribution in [2.24, 2.45) is 10.9 Å². The highest BCUT2D eigenvalue weighted by molar-refractivity contribution is 5.99. The number of nitrogens with zero attached hydrogens (tertiary/aromatic N) is 3. The van der Waals surface area contributed by atoms with E-state index in [4.69, 9.17) is 15.0 Å². The molecule has 0 aromatic heterocycles. The van der Waals surface area contributed by atoms with Crippen molar-refractivity contribution < 1.29 is 9.53 Å². The normalized spacial score (nSPS) is 25.3. The van der Waals surface area contributed by atoms with Crippen LogP contribution < -0.4 is 4.74 Å². The second kappa shape index (κ2) is 10.0. The maximum atomic E-state index is 12.6. The van der Waals surface area contributed by atoms with E-state index < -0.39 is 0 Å². The number of rotatable bonds is 9. The Morgan fingerprint density at radius 2 is 2.03 bits per heavy atom. The molecule has 37 heavy (non-hydrogen) atoms. The smallest absolute Gasteiger partial charge is 0.163 e. The van der Waals surface area contributed by atoms with Crippen LogP contribution in [0.4, 0.5) is 0 Å². The molecule has 0 bridgehead atoms. The quantitative estimate of drug-likeness (QED) is 0.455. The Morgan fingerprint density at radius 3 is 2.81 bits per heavy atom. The molecule has 0 N–H and O–H groups in total. The molecule has 3 aliphatic carbocycles. The van der Waals surface area contributed by atoms with Gasteiger partial charge in [-0.05, 0) is 85.8 Å². The number of ether oxygens (including phenoxy) is 1. The van der Waals surface area contributed by atoms with Gasteiger partial charge in [0.15, 0.2) is 5.78 Å². The molecule has 5 heteroatoms. The molecule has 4 aliphatic rings. The molecule has 5 nitrogen and oxygen atoms in total. The number of nitriles is 1. The molecule has 1 saturated carbocycles. The zero-order valence-electron chi connectivity index (χ0n) is 21.2. The zero-order chi connectivity index (χ0) is 25.2. The summed E-state index contributed by atoms with van der Waals surface area (Å²) in [5.74, 6) is 1.64. The van der Waals surface area contributed by atoms with Gasteiger partial charge in [0.25, 0.3) is 0 Å². The predicted octanol–water partition coefficient (Wildman–Crippen LogP) is 5.64. The molecule has 6 rings (SSSR count). The van der Waals surface area contributed by atoms with Gasteiger partial charge in [0, 0.05) is 17.6 Å². The molecule has 2 aromatic carbocycles. The minimum Gasteiger partial charge on any atom is -0.491 e. The van der Waals surface area contributed by atoms with E-state index in [2.05, 4.69) is 47.4 Å². The van der Waals surface area contributed by atoms with E-state index in [-0.39, 0.29) is 11.3 Å². The molecule has 0 spiro atoms. The van der Waals surface area contributed by atoms with Crippen molar-refractivity contribution >= 4 is 12.1 Å². The second-order valence-electron chi connectivity index (χ2n) is 10.8. The number of aryl methyl sites for hydroxylation is 1. The van der Waals surface area contributed by atoms with Gasteiger partial charge in [-0.3, -0.25) is 9.79 Å². The maximum Gasteiger partial charge on any atom is 0.163 e. The summed E-state index contributed by atoms with van der Waals surface area (Å²) in [7, 11) is 0. The maximum absolute atomic E-state index is 12.6. The lowest BCUT2D eigenvalue weighted by Crippen LogP contribution is -2.39. The van der Waals surface area contributed by atoms with Crippen molar-refractivity contribution in [2.45, 2.75) is 62.9 Å². The largest absolute Gasteiger partial charge is 0.491 e. The van der Waals surface area contributed by atoms with Gasteiger partial charge in [-0.1, -0.05) is 42.5 Å². The standard InChI is InChI=1S/C32H33N3O2/c33-21-25-11-9-24(10-12-25)19-32-20-31(32)34-22-35(32)17-18-37-30-16-15-27-26(7-4-8-29(27)36)28(30)14-13-23-5-2-1-3-6-23/h1-3,5-6,9,11-12,15-16,22,24,31H,4,7-8,10,13-14,17-20H2. The number of benzene rings is 2. The summed E-state index contributed by atoms with van der Waals surface area (Å²) in [6.45, 7) is 1.38. The van der Waals surface area contributed by atoms with E-state index in [0.29, 0.717) is 25.0 Å². The minimum atomic E-state index is 0.106. The van der Waals surface area contributed by atoms with Crippen LogP contribution in [0.2, 0.25) is 0 Å². The van der Waals surface area contributed by atoms with E-state index >= 15 is 0 Å². The minimum absolute atomic E-state index is 0.106. The van der Waals surface area contributed by atoms with Crippen LogP contribution in [0.25, 0.3) is 0 Å². The van der Waals surface area contributed by atoms with Gasteiger partial charge in [-0.25, -0.2) is 0 Å². The third-order valence-electron chi connectivity index (χ3n) is 8.51. The third kappa shape index (κ3) is 4.73. The number of aliphatic imine (C=N–C) groups is 1. The lowest BCUT2D eigenvalue weighted by Gasteiger charge is -2.30. The van der Waals surface area contributed by atoms with Crippen molar-refractivity contribution in [1.82, 2.24) is 4.90 Å². The van der Waals surface area contributed by atoms with Gasteiger partial charge >= 0.3 is 0 Å². The summed E-state index contributed by atoms with van der Waals surface area (Å²) in [6.07, 6.45) is 15.6. The Bertz CT molecular complexity index is 1320. The first-order chi connectivity index (χ1) is 18.2. The summed E-state index contributed by atoms with van der Waals surface area (Å²) in [5, 5.41) is 9.11. The van der Waals surface area contributed by atoms with Gasteiger partial charge in [0.05, 0.1) is 30.5 Å². The average Bonchev–Trinajstić information content (AvgIpc) is 3.54. The fourth-order valence-electron chi connectivity index (χ4n) is 6.38. The average molecular weight is 492 g/mol. The Balaban J connectivity index is 1.13. The number of hydrogen-bond acceptors (Lipinski definition) is 5. The zero-order valence-corrected chi connectivity index (χ0v) is 21.2. The van der Waals surface area contributed by atoms with Gasteiger partial charge < -0.3 is 9.64 Å². The first kappa shape index (κ1) is 23.7. The van der Waals surface area contributed by atoms with Crippen LogP contribution >= 0.6 is 0 Å². The molecule has 1 fully saturated rings. The number of ketones is 1. The third-order valence-corrected chi connectivity index (χ3v) is 8.51. The van der Waals surface area contributed by atoms with Gasteiger partial charge in [-0.15, -0.1) is 0 Å². The Hall–Kier alpha value is -3.65.